The third-order valence-electron chi connectivity index (χ3n) is 5.19. The highest BCUT2D eigenvalue weighted by atomic mass is 32.2. The molecule has 0 spiro atoms. The number of anilines is 1. The predicted octanol–water partition coefficient (Wildman–Crippen LogP) is 2.64. The van der Waals surface area contributed by atoms with Crippen molar-refractivity contribution < 1.29 is 13.2 Å². The molecule has 3 rings (SSSR count). The zero-order valence-corrected chi connectivity index (χ0v) is 17.4. The van der Waals surface area contributed by atoms with Crippen LogP contribution in [0.5, 0.6) is 0 Å². The molecule has 7 heteroatoms. The lowest BCUT2D eigenvalue weighted by molar-refractivity contribution is -0.121. The van der Waals surface area contributed by atoms with Crippen molar-refractivity contribution in [3.05, 3.63) is 59.7 Å². The number of carbonyl (C=O) groups excluding carboxylic acids is 1. The summed E-state index contributed by atoms with van der Waals surface area (Å²) in [5.41, 5.74) is 2.56. The minimum Gasteiger partial charge on any atom is -0.325 e. The van der Waals surface area contributed by atoms with Crippen LogP contribution in [-0.2, 0) is 14.8 Å². The normalized spacial score (nSPS) is 17.2. The van der Waals surface area contributed by atoms with Crippen molar-refractivity contribution in [3.63, 3.8) is 0 Å². The van der Waals surface area contributed by atoms with Crippen molar-refractivity contribution in [2.24, 2.45) is 0 Å². The number of benzene rings is 2. The highest BCUT2D eigenvalue weighted by Gasteiger charge is 2.32. The molecule has 0 aromatic heterocycles. The van der Waals surface area contributed by atoms with Gasteiger partial charge in [-0.1, -0.05) is 35.9 Å². The summed E-state index contributed by atoms with van der Waals surface area (Å²) in [5.74, 6) is -0.0862. The van der Waals surface area contributed by atoms with E-state index in [9.17, 15) is 13.2 Å². The van der Waals surface area contributed by atoms with E-state index >= 15 is 0 Å². The second-order valence-corrected chi connectivity index (χ2v) is 9.15. The Morgan fingerprint density at radius 1 is 1.00 bits per heavy atom. The Balaban J connectivity index is 1.62. The summed E-state index contributed by atoms with van der Waals surface area (Å²) in [6, 6.07) is 14.4. The largest absolute Gasteiger partial charge is 0.325 e. The summed E-state index contributed by atoms with van der Waals surface area (Å²) in [6.07, 6.45) is 0. The van der Waals surface area contributed by atoms with E-state index in [2.05, 4.69) is 5.32 Å². The summed E-state index contributed by atoms with van der Waals surface area (Å²) in [6.45, 7) is 7.42. The maximum Gasteiger partial charge on any atom is 0.243 e. The van der Waals surface area contributed by atoms with E-state index in [1.807, 2.05) is 68.1 Å². The van der Waals surface area contributed by atoms with Gasteiger partial charge < -0.3 is 5.32 Å². The highest BCUT2D eigenvalue weighted by molar-refractivity contribution is 7.89. The molecule has 2 aromatic rings. The molecule has 1 aliphatic heterocycles. The van der Waals surface area contributed by atoms with Gasteiger partial charge in [-0.05, 0) is 44.5 Å². The standard InChI is InChI=1S/C21H27N3O3S/c1-16-9-10-20(17(2)15-16)28(26,27)24-13-11-23(12-14-24)18(3)21(25)22-19-7-5-4-6-8-19/h4-10,15,18H,11-14H2,1-3H3,(H,22,25)/t18-/m1/s1. The molecule has 1 saturated heterocycles. The van der Waals surface area contributed by atoms with Gasteiger partial charge in [0.05, 0.1) is 10.9 Å². The summed E-state index contributed by atoms with van der Waals surface area (Å²) in [4.78, 5) is 14.9. The number of nitrogens with zero attached hydrogens (tertiary/aromatic N) is 2. The third kappa shape index (κ3) is 4.43. The maximum absolute atomic E-state index is 13.0. The van der Waals surface area contributed by atoms with Crippen LogP contribution in [0.2, 0.25) is 0 Å². The lowest BCUT2D eigenvalue weighted by Gasteiger charge is -2.36. The van der Waals surface area contributed by atoms with Crippen LogP contribution < -0.4 is 5.32 Å². The van der Waals surface area contributed by atoms with Crippen LogP contribution in [0.1, 0.15) is 18.1 Å². The molecule has 1 N–H and O–H groups in total. The number of rotatable bonds is 5. The molecule has 1 fully saturated rings. The number of aryl methyl sites for hydroxylation is 2. The first kappa shape index (κ1) is 20.5. The van der Waals surface area contributed by atoms with Gasteiger partial charge in [-0.15, -0.1) is 0 Å². The van der Waals surface area contributed by atoms with Crippen LogP contribution in [0.3, 0.4) is 0 Å². The topological polar surface area (TPSA) is 69.7 Å². The van der Waals surface area contributed by atoms with Gasteiger partial charge in [0, 0.05) is 31.9 Å². The molecule has 1 heterocycles. The fourth-order valence-corrected chi connectivity index (χ4v) is 5.12. The SMILES string of the molecule is Cc1ccc(S(=O)(=O)N2CCN([C@H](C)C(=O)Nc3ccccc3)CC2)c(C)c1. The molecule has 0 saturated carbocycles. The molecule has 0 radical (unpaired) electrons. The molecule has 2 aromatic carbocycles. The first-order valence-electron chi connectivity index (χ1n) is 9.46. The van der Waals surface area contributed by atoms with Gasteiger partial charge in [-0.3, -0.25) is 9.69 Å². The molecule has 1 aliphatic rings. The van der Waals surface area contributed by atoms with Gasteiger partial charge in [0.1, 0.15) is 0 Å². The summed E-state index contributed by atoms with van der Waals surface area (Å²) in [7, 11) is -3.52. The molecule has 0 aliphatic carbocycles. The quantitative estimate of drug-likeness (QED) is 0.836. The number of hydrogen-bond acceptors (Lipinski definition) is 4. The Kier molecular flexibility index (Phi) is 6.17. The second-order valence-electron chi connectivity index (χ2n) is 7.24. The van der Waals surface area contributed by atoms with E-state index in [-0.39, 0.29) is 11.9 Å². The lowest BCUT2D eigenvalue weighted by Crippen LogP contribution is -2.54. The van der Waals surface area contributed by atoms with Gasteiger partial charge >= 0.3 is 0 Å². The van der Waals surface area contributed by atoms with Crippen molar-refractivity contribution in [3.8, 4) is 0 Å². The van der Waals surface area contributed by atoms with Gasteiger partial charge in [0.15, 0.2) is 0 Å². The van der Waals surface area contributed by atoms with Crippen LogP contribution in [-0.4, -0.2) is 55.8 Å². The molecule has 1 amide bonds. The average Bonchev–Trinajstić information content (AvgIpc) is 2.68. The minimum absolute atomic E-state index is 0.0862. The molecule has 0 unspecified atom stereocenters. The Morgan fingerprint density at radius 3 is 2.25 bits per heavy atom. The molecule has 6 nitrogen and oxygen atoms in total. The van der Waals surface area contributed by atoms with E-state index in [1.54, 1.807) is 6.07 Å². The minimum atomic E-state index is -3.52. The Morgan fingerprint density at radius 2 is 1.64 bits per heavy atom. The van der Waals surface area contributed by atoms with Crippen molar-refractivity contribution >= 4 is 21.6 Å². The van der Waals surface area contributed by atoms with Crippen LogP contribution in [0, 0.1) is 13.8 Å². The molecule has 28 heavy (non-hydrogen) atoms. The number of hydrogen-bond donors (Lipinski definition) is 1. The number of nitrogens with one attached hydrogen (secondary N) is 1. The first-order valence-corrected chi connectivity index (χ1v) is 10.9. The van der Waals surface area contributed by atoms with E-state index in [1.165, 1.54) is 4.31 Å². The number of piperazine rings is 1. The third-order valence-corrected chi connectivity index (χ3v) is 7.25. The number of amides is 1. The summed E-state index contributed by atoms with van der Waals surface area (Å²) >= 11 is 0. The summed E-state index contributed by atoms with van der Waals surface area (Å²) < 4.78 is 27.5. The molecular formula is C21H27N3O3S. The molecule has 150 valence electrons. The molecular weight excluding hydrogens is 374 g/mol. The Bertz CT molecular complexity index is 937. The van der Waals surface area contributed by atoms with Crippen LogP contribution >= 0.6 is 0 Å². The van der Waals surface area contributed by atoms with Crippen molar-refractivity contribution in [2.45, 2.75) is 31.7 Å². The predicted molar refractivity (Wildman–Crippen MR) is 111 cm³/mol. The average molecular weight is 402 g/mol. The summed E-state index contributed by atoms with van der Waals surface area (Å²) in [5, 5.41) is 2.91. The van der Waals surface area contributed by atoms with Crippen molar-refractivity contribution in [1.29, 1.82) is 0 Å². The van der Waals surface area contributed by atoms with Crippen molar-refractivity contribution in [2.75, 3.05) is 31.5 Å². The van der Waals surface area contributed by atoms with E-state index in [0.29, 0.717) is 31.1 Å². The van der Waals surface area contributed by atoms with Gasteiger partial charge in [0.25, 0.3) is 0 Å². The van der Waals surface area contributed by atoms with E-state index in [4.69, 9.17) is 0 Å². The number of sulfonamides is 1. The fourth-order valence-electron chi connectivity index (χ4n) is 3.49. The zero-order valence-electron chi connectivity index (χ0n) is 16.6. The van der Waals surface area contributed by atoms with E-state index < -0.39 is 10.0 Å². The first-order chi connectivity index (χ1) is 13.3. The zero-order chi connectivity index (χ0) is 20.3. The molecule has 1 atom stereocenters. The Labute approximate surface area is 167 Å². The van der Waals surface area contributed by atoms with Crippen LogP contribution in [0.25, 0.3) is 0 Å². The lowest BCUT2D eigenvalue weighted by atomic mass is 10.2. The second kappa shape index (κ2) is 8.43. The monoisotopic (exact) mass is 401 g/mol. The number of para-hydroxylation sites is 1. The fraction of sp³-hybridized carbons (Fsp3) is 0.381. The smallest absolute Gasteiger partial charge is 0.243 e. The maximum atomic E-state index is 13.0. The van der Waals surface area contributed by atoms with Crippen LogP contribution in [0.15, 0.2) is 53.4 Å². The van der Waals surface area contributed by atoms with Crippen LogP contribution in [0.4, 0.5) is 5.69 Å². The Hall–Kier alpha value is -2.22. The van der Waals surface area contributed by atoms with Gasteiger partial charge in [-0.2, -0.15) is 4.31 Å². The molecule has 0 bridgehead atoms. The van der Waals surface area contributed by atoms with Crippen molar-refractivity contribution in [1.82, 2.24) is 9.21 Å². The van der Waals surface area contributed by atoms with Gasteiger partial charge in [-0.25, -0.2) is 8.42 Å². The highest BCUT2D eigenvalue weighted by Crippen LogP contribution is 2.22. The van der Waals surface area contributed by atoms with Gasteiger partial charge in [0.2, 0.25) is 15.9 Å². The number of carbonyl (C=O) groups is 1. The van der Waals surface area contributed by atoms with E-state index in [0.717, 1.165) is 16.8 Å².